The molecule has 4 heteroatoms. The highest BCUT2D eigenvalue weighted by Crippen LogP contribution is 2.30. The predicted molar refractivity (Wildman–Crippen MR) is 75.4 cm³/mol. The molecule has 2 rings (SSSR count). The number of carbonyl (C=O) groups is 2. The van der Waals surface area contributed by atoms with Gasteiger partial charge in [0.25, 0.3) is 0 Å². The Morgan fingerprint density at radius 1 is 1.20 bits per heavy atom. The zero-order valence-corrected chi connectivity index (χ0v) is 12.2. The minimum Gasteiger partial charge on any atom is -0.293 e. The van der Waals surface area contributed by atoms with Crippen LogP contribution in [0.25, 0.3) is 0 Å². The van der Waals surface area contributed by atoms with Crippen molar-refractivity contribution < 1.29 is 19.1 Å². The molecule has 1 heterocycles. The van der Waals surface area contributed by atoms with Crippen LogP contribution >= 0.6 is 0 Å². The predicted octanol–water partition coefficient (Wildman–Crippen LogP) is 2.62. The van der Waals surface area contributed by atoms with Crippen LogP contribution in [0.5, 0.6) is 0 Å². The number of quaternary nitrogens is 1. The lowest BCUT2D eigenvalue weighted by Crippen LogP contribution is -2.60. The third-order valence-electron chi connectivity index (χ3n) is 3.90. The van der Waals surface area contributed by atoms with Crippen LogP contribution in [0.15, 0.2) is 30.3 Å². The molecule has 1 aromatic rings. The van der Waals surface area contributed by atoms with Gasteiger partial charge in [0, 0.05) is 32.3 Å². The number of hydroxylamine groups is 3. The van der Waals surface area contributed by atoms with Crippen molar-refractivity contribution in [3.8, 4) is 0 Å². The zero-order valence-electron chi connectivity index (χ0n) is 12.2. The highest BCUT2D eigenvalue weighted by atomic mass is 16.7. The minimum atomic E-state index is -0.325. The zero-order chi connectivity index (χ0) is 14.6. The van der Waals surface area contributed by atoms with E-state index in [4.69, 9.17) is 4.84 Å². The molecule has 0 aromatic heterocycles. The molecular weight excluding hydrogens is 254 g/mol. The molecule has 2 atom stereocenters. The molecule has 1 fully saturated rings. The van der Waals surface area contributed by atoms with Gasteiger partial charge in [-0.2, -0.15) is 0 Å². The highest BCUT2D eigenvalue weighted by Gasteiger charge is 2.46. The van der Waals surface area contributed by atoms with Crippen molar-refractivity contribution in [2.75, 3.05) is 6.54 Å². The van der Waals surface area contributed by atoms with Gasteiger partial charge in [-0.3, -0.25) is 9.63 Å². The van der Waals surface area contributed by atoms with Gasteiger partial charge < -0.3 is 0 Å². The van der Waals surface area contributed by atoms with Crippen LogP contribution < -0.4 is 0 Å². The summed E-state index contributed by atoms with van der Waals surface area (Å²) in [6, 6.07) is 9.66. The third kappa shape index (κ3) is 3.25. The van der Waals surface area contributed by atoms with Crippen LogP contribution in [0.3, 0.4) is 0 Å². The number of ketones is 1. The Morgan fingerprint density at radius 2 is 1.90 bits per heavy atom. The van der Waals surface area contributed by atoms with E-state index in [9.17, 15) is 9.59 Å². The van der Waals surface area contributed by atoms with Crippen molar-refractivity contribution in [1.29, 1.82) is 0 Å². The van der Waals surface area contributed by atoms with Crippen LogP contribution in [0.2, 0.25) is 0 Å². The Labute approximate surface area is 119 Å². The quantitative estimate of drug-likeness (QED) is 0.794. The lowest BCUT2D eigenvalue weighted by Gasteiger charge is -2.42. The first-order chi connectivity index (χ1) is 9.53. The largest absolute Gasteiger partial charge is 0.363 e. The number of hydrogen-bond donors (Lipinski definition) is 0. The summed E-state index contributed by atoms with van der Waals surface area (Å²) in [5.41, 5.74) is 1.09. The number of carbonyl (C=O) groups excluding carboxylic acids is 2. The van der Waals surface area contributed by atoms with Crippen molar-refractivity contribution in [2.24, 2.45) is 0 Å². The van der Waals surface area contributed by atoms with Crippen LogP contribution in [0.4, 0.5) is 0 Å². The van der Waals surface area contributed by atoms with Gasteiger partial charge in [0.15, 0.2) is 11.8 Å². The van der Waals surface area contributed by atoms with Gasteiger partial charge in [0.05, 0.1) is 0 Å². The molecule has 4 nitrogen and oxygen atoms in total. The Hall–Kier alpha value is -1.68. The second-order valence-electron chi connectivity index (χ2n) is 5.52. The summed E-state index contributed by atoms with van der Waals surface area (Å²) < 4.78 is 0.120. The van der Waals surface area contributed by atoms with Gasteiger partial charge in [0.2, 0.25) is 0 Å². The van der Waals surface area contributed by atoms with Gasteiger partial charge in [0.1, 0.15) is 13.1 Å². The van der Waals surface area contributed by atoms with E-state index >= 15 is 0 Å². The van der Waals surface area contributed by atoms with Crippen molar-refractivity contribution in [2.45, 2.75) is 45.7 Å². The lowest BCUT2D eigenvalue weighted by atomic mass is 9.97. The molecule has 1 aliphatic rings. The van der Waals surface area contributed by atoms with E-state index in [1.807, 2.05) is 30.3 Å². The second-order valence-corrected chi connectivity index (χ2v) is 5.52. The average molecular weight is 276 g/mol. The average Bonchev–Trinajstić information content (AvgIpc) is 2.39. The van der Waals surface area contributed by atoms with E-state index in [1.165, 1.54) is 6.92 Å². The summed E-state index contributed by atoms with van der Waals surface area (Å²) in [6.07, 6.45) is 2.78. The molecular formula is C16H22NO3+. The number of benzene rings is 1. The summed E-state index contributed by atoms with van der Waals surface area (Å²) in [4.78, 5) is 29.1. The molecule has 108 valence electrons. The van der Waals surface area contributed by atoms with E-state index in [0.717, 1.165) is 24.8 Å². The SMILES string of the molecule is CC(=O)O[N+]1(Cc2ccccc2)CCCCC1C(C)=O. The molecule has 0 saturated carbocycles. The standard InChI is InChI=1S/C16H22NO3/c1-13(18)16-10-6-7-11-17(16,20-14(2)19)12-15-8-4-3-5-9-15/h3-5,8-9,16H,6-7,10-12H2,1-2H3/q+1. The van der Waals surface area contributed by atoms with Crippen LogP contribution in [-0.4, -0.2) is 29.0 Å². The molecule has 1 aromatic carbocycles. The van der Waals surface area contributed by atoms with Crippen LogP contribution in [0, 0.1) is 0 Å². The van der Waals surface area contributed by atoms with E-state index in [0.29, 0.717) is 13.1 Å². The van der Waals surface area contributed by atoms with Gasteiger partial charge in [-0.15, -0.1) is 4.65 Å². The minimum absolute atomic E-state index is 0.0990. The third-order valence-corrected chi connectivity index (χ3v) is 3.90. The fourth-order valence-electron chi connectivity index (χ4n) is 3.12. The lowest BCUT2D eigenvalue weighted by molar-refractivity contribution is -1.11. The summed E-state index contributed by atoms with van der Waals surface area (Å²) in [5.74, 6) is -0.226. The maximum absolute atomic E-state index is 12.0. The monoisotopic (exact) mass is 276 g/mol. The van der Waals surface area contributed by atoms with Crippen molar-refractivity contribution in [1.82, 2.24) is 0 Å². The molecule has 20 heavy (non-hydrogen) atoms. The smallest absolute Gasteiger partial charge is 0.293 e. The van der Waals surface area contributed by atoms with Gasteiger partial charge in [-0.1, -0.05) is 30.3 Å². The maximum atomic E-state index is 12.0. The summed E-state index contributed by atoms with van der Waals surface area (Å²) in [5, 5.41) is 0. The van der Waals surface area contributed by atoms with Crippen LogP contribution in [0.1, 0.15) is 38.7 Å². The number of likely N-dealkylation sites (tertiary alicyclic amines) is 1. The molecule has 0 N–H and O–H groups in total. The topological polar surface area (TPSA) is 43.4 Å². The normalized spacial score (nSPS) is 26.0. The van der Waals surface area contributed by atoms with Gasteiger partial charge in [-0.25, -0.2) is 4.79 Å². The number of rotatable bonds is 4. The van der Waals surface area contributed by atoms with Crippen molar-refractivity contribution in [3.05, 3.63) is 35.9 Å². The highest BCUT2D eigenvalue weighted by molar-refractivity contribution is 5.80. The van der Waals surface area contributed by atoms with E-state index in [2.05, 4.69) is 0 Å². The molecule has 2 unspecified atom stereocenters. The number of hydrogen-bond acceptors (Lipinski definition) is 3. The van der Waals surface area contributed by atoms with Gasteiger partial charge in [-0.05, 0) is 6.42 Å². The number of piperidine rings is 1. The van der Waals surface area contributed by atoms with E-state index < -0.39 is 0 Å². The Bertz CT molecular complexity index is 486. The number of Topliss-reactive ketones (excluding diaryl/α,β-unsaturated/α-hetero) is 1. The fourth-order valence-corrected chi connectivity index (χ4v) is 3.12. The summed E-state index contributed by atoms with van der Waals surface area (Å²) in [7, 11) is 0. The molecule has 0 spiro atoms. The molecule has 0 radical (unpaired) electrons. The fraction of sp³-hybridized carbons (Fsp3) is 0.500. The van der Waals surface area contributed by atoms with Gasteiger partial charge >= 0.3 is 5.97 Å². The van der Waals surface area contributed by atoms with Crippen molar-refractivity contribution in [3.63, 3.8) is 0 Å². The molecule has 1 aliphatic heterocycles. The summed E-state index contributed by atoms with van der Waals surface area (Å²) in [6.45, 7) is 4.28. The molecule has 0 amide bonds. The van der Waals surface area contributed by atoms with E-state index in [-0.39, 0.29) is 22.4 Å². The number of nitrogens with zero attached hydrogens (tertiary/aromatic N) is 1. The first kappa shape index (κ1) is 14.7. The maximum Gasteiger partial charge on any atom is 0.363 e. The Balaban J connectivity index is 2.32. The first-order valence-corrected chi connectivity index (χ1v) is 7.15. The first-order valence-electron chi connectivity index (χ1n) is 7.15. The summed E-state index contributed by atoms with van der Waals surface area (Å²) >= 11 is 0. The van der Waals surface area contributed by atoms with Crippen LogP contribution in [-0.2, 0) is 21.0 Å². The molecule has 0 aliphatic carbocycles. The Morgan fingerprint density at radius 3 is 2.50 bits per heavy atom. The Kier molecular flexibility index (Phi) is 4.55. The molecule has 1 saturated heterocycles. The molecule has 0 bridgehead atoms. The van der Waals surface area contributed by atoms with E-state index in [1.54, 1.807) is 6.92 Å². The second kappa shape index (κ2) is 6.18. The van der Waals surface area contributed by atoms with Crippen molar-refractivity contribution >= 4 is 11.8 Å².